The van der Waals surface area contributed by atoms with Crippen molar-refractivity contribution in [3.8, 4) is 5.75 Å². The van der Waals surface area contributed by atoms with Gasteiger partial charge in [0.15, 0.2) is 5.65 Å². The molecule has 3 aromatic rings. The fraction of sp³-hybridized carbons (Fsp3) is 0.455. The van der Waals surface area contributed by atoms with Gasteiger partial charge in [-0.2, -0.15) is 0 Å². The molecule has 1 fully saturated rings. The molecule has 0 unspecified atom stereocenters. The number of fused-ring (bicyclic) bond motifs is 1. The summed E-state index contributed by atoms with van der Waals surface area (Å²) in [6.45, 7) is 8.99. The monoisotopic (exact) mass is 364 g/mol. The second kappa shape index (κ2) is 8.09. The summed E-state index contributed by atoms with van der Waals surface area (Å²) < 4.78 is 8.13. The molecular formula is C22H28N4O. The topological polar surface area (TPSA) is 43.2 Å². The SMILES string of the molecule is CCCn1c([C@@H]2CCN(Cc3ccccc3OCC)C2)nc2cccnc21. The Balaban J connectivity index is 1.53. The number of likely N-dealkylation sites (tertiary alicyclic amines) is 1. The molecule has 1 aromatic carbocycles. The molecule has 1 aliphatic heterocycles. The van der Waals surface area contributed by atoms with Gasteiger partial charge in [0, 0.05) is 37.3 Å². The van der Waals surface area contributed by atoms with Crippen LogP contribution in [0, 0.1) is 0 Å². The molecule has 2 aromatic heterocycles. The summed E-state index contributed by atoms with van der Waals surface area (Å²) in [5.41, 5.74) is 3.30. The van der Waals surface area contributed by atoms with E-state index in [0.29, 0.717) is 12.5 Å². The molecule has 0 spiro atoms. The molecule has 1 atom stereocenters. The smallest absolute Gasteiger partial charge is 0.159 e. The van der Waals surface area contributed by atoms with Crippen molar-refractivity contribution in [1.29, 1.82) is 0 Å². The molecule has 27 heavy (non-hydrogen) atoms. The van der Waals surface area contributed by atoms with Crippen LogP contribution in [0.25, 0.3) is 11.2 Å². The zero-order chi connectivity index (χ0) is 18.6. The van der Waals surface area contributed by atoms with Crippen molar-refractivity contribution in [1.82, 2.24) is 19.4 Å². The van der Waals surface area contributed by atoms with Gasteiger partial charge in [-0.1, -0.05) is 25.1 Å². The van der Waals surface area contributed by atoms with Gasteiger partial charge in [0.1, 0.15) is 17.1 Å². The number of benzene rings is 1. The van der Waals surface area contributed by atoms with Gasteiger partial charge in [-0.25, -0.2) is 9.97 Å². The maximum atomic E-state index is 5.80. The van der Waals surface area contributed by atoms with E-state index in [4.69, 9.17) is 9.72 Å². The van der Waals surface area contributed by atoms with Crippen LogP contribution in [0.15, 0.2) is 42.6 Å². The van der Waals surface area contributed by atoms with Crippen molar-refractivity contribution in [2.24, 2.45) is 0 Å². The molecule has 5 nitrogen and oxygen atoms in total. The number of para-hydroxylation sites is 1. The van der Waals surface area contributed by atoms with Crippen molar-refractivity contribution < 1.29 is 4.74 Å². The third kappa shape index (κ3) is 3.69. The number of aromatic nitrogens is 3. The number of rotatable bonds is 7. The van der Waals surface area contributed by atoms with E-state index in [1.165, 1.54) is 11.4 Å². The number of hydrogen-bond acceptors (Lipinski definition) is 4. The lowest BCUT2D eigenvalue weighted by Crippen LogP contribution is -2.21. The highest BCUT2D eigenvalue weighted by Gasteiger charge is 2.29. The molecular weight excluding hydrogens is 336 g/mol. The average molecular weight is 364 g/mol. The summed E-state index contributed by atoms with van der Waals surface area (Å²) in [5.74, 6) is 2.67. The maximum absolute atomic E-state index is 5.80. The number of ether oxygens (including phenoxy) is 1. The van der Waals surface area contributed by atoms with Gasteiger partial charge >= 0.3 is 0 Å². The normalized spacial score (nSPS) is 17.6. The molecule has 0 saturated carbocycles. The number of pyridine rings is 1. The lowest BCUT2D eigenvalue weighted by Gasteiger charge is -2.18. The van der Waals surface area contributed by atoms with Crippen LogP contribution in [0.5, 0.6) is 5.75 Å². The third-order valence-corrected chi connectivity index (χ3v) is 5.28. The Morgan fingerprint density at radius 2 is 2.04 bits per heavy atom. The molecule has 5 heteroatoms. The molecule has 1 aliphatic rings. The van der Waals surface area contributed by atoms with Crippen LogP contribution in [-0.2, 0) is 13.1 Å². The van der Waals surface area contributed by atoms with Crippen LogP contribution < -0.4 is 4.74 Å². The summed E-state index contributed by atoms with van der Waals surface area (Å²) in [4.78, 5) is 12.1. The largest absolute Gasteiger partial charge is 0.494 e. The molecule has 0 radical (unpaired) electrons. The number of imidazole rings is 1. The first-order chi connectivity index (χ1) is 13.3. The van der Waals surface area contributed by atoms with E-state index in [1.54, 1.807) is 0 Å². The quantitative estimate of drug-likeness (QED) is 0.629. The highest BCUT2D eigenvalue weighted by atomic mass is 16.5. The summed E-state index contributed by atoms with van der Waals surface area (Å²) >= 11 is 0. The first-order valence-corrected chi connectivity index (χ1v) is 10.0. The lowest BCUT2D eigenvalue weighted by molar-refractivity contribution is 0.301. The fourth-order valence-corrected chi connectivity index (χ4v) is 4.09. The zero-order valence-corrected chi connectivity index (χ0v) is 16.3. The average Bonchev–Trinajstić information content (AvgIpc) is 3.29. The Kier molecular flexibility index (Phi) is 5.39. The zero-order valence-electron chi connectivity index (χ0n) is 16.3. The van der Waals surface area contributed by atoms with E-state index in [-0.39, 0.29) is 0 Å². The van der Waals surface area contributed by atoms with Crippen LogP contribution in [-0.4, -0.2) is 39.1 Å². The van der Waals surface area contributed by atoms with Crippen LogP contribution in [0.3, 0.4) is 0 Å². The highest BCUT2D eigenvalue weighted by Crippen LogP contribution is 2.31. The van der Waals surface area contributed by atoms with E-state index in [0.717, 1.165) is 55.9 Å². The standard InChI is InChI=1S/C22H28N4O/c1-3-13-26-21(24-19-9-7-12-23-22(19)26)18-11-14-25(16-18)15-17-8-5-6-10-20(17)27-4-2/h5-10,12,18H,3-4,11,13-16H2,1-2H3/t18-/m1/s1. The van der Waals surface area contributed by atoms with Crippen molar-refractivity contribution in [3.63, 3.8) is 0 Å². The Morgan fingerprint density at radius 1 is 1.15 bits per heavy atom. The number of aryl methyl sites for hydroxylation is 1. The van der Waals surface area contributed by atoms with Gasteiger partial charge in [-0.3, -0.25) is 4.90 Å². The second-order valence-electron chi connectivity index (χ2n) is 7.23. The summed E-state index contributed by atoms with van der Waals surface area (Å²) in [6.07, 6.45) is 4.10. The first-order valence-electron chi connectivity index (χ1n) is 10.0. The predicted octanol–water partition coefficient (Wildman–Crippen LogP) is 4.23. The van der Waals surface area contributed by atoms with Gasteiger partial charge < -0.3 is 9.30 Å². The van der Waals surface area contributed by atoms with Gasteiger partial charge in [-0.15, -0.1) is 0 Å². The number of nitrogens with zero attached hydrogens (tertiary/aromatic N) is 4. The Morgan fingerprint density at radius 3 is 2.89 bits per heavy atom. The molecule has 1 saturated heterocycles. The van der Waals surface area contributed by atoms with E-state index >= 15 is 0 Å². The molecule has 3 heterocycles. The highest BCUT2D eigenvalue weighted by molar-refractivity contribution is 5.71. The molecule has 142 valence electrons. The van der Waals surface area contributed by atoms with Crippen molar-refractivity contribution in [2.45, 2.75) is 45.7 Å². The van der Waals surface area contributed by atoms with E-state index < -0.39 is 0 Å². The minimum atomic E-state index is 0.463. The van der Waals surface area contributed by atoms with E-state index in [9.17, 15) is 0 Å². The van der Waals surface area contributed by atoms with Crippen LogP contribution in [0.4, 0.5) is 0 Å². The Labute approximate surface area is 161 Å². The second-order valence-corrected chi connectivity index (χ2v) is 7.23. The van der Waals surface area contributed by atoms with Crippen LogP contribution in [0.1, 0.15) is 44.0 Å². The lowest BCUT2D eigenvalue weighted by atomic mass is 10.1. The first kappa shape index (κ1) is 18.0. The summed E-state index contributed by atoms with van der Waals surface area (Å²) in [5, 5.41) is 0. The van der Waals surface area contributed by atoms with Gasteiger partial charge in [0.2, 0.25) is 0 Å². The fourth-order valence-electron chi connectivity index (χ4n) is 4.09. The number of hydrogen-bond donors (Lipinski definition) is 0. The van der Waals surface area contributed by atoms with Crippen LogP contribution >= 0.6 is 0 Å². The molecule has 0 bridgehead atoms. The predicted molar refractivity (Wildman–Crippen MR) is 108 cm³/mol. The Bertz CT molecular complexity index is 904. The minimum absolute atomic E-state index is 0.463. The molecule has 0 aliphatic carbocycles. The minimum Gasteiger partial charge on any atom is -0.494 e. The maximum Gasteiger partial charge on any atom is 0.159 e. The van der Waals surface area contributed by atoms with E-state index in [2.05, 4.69) is 45.6 Å². The summed E-state index contributed by atoms with van der Waals surface area (Å²) in [7, 11) is 0. The third-order valence-electron chi connectivity index (χ3n) is 5.28. The molecule has 0 amide bonds. The summed E-state index contributed by atoms with van der Waals surface area (Å²) in [6, 6.07) is 12.4. The van der Waals surface area contributed by atoms with E-state index in [1.807, 2.05) is 25.3 Å². The van der Waals surface area contributed by atoms with Crippen molar-refractivity contribution >= 4 is 11.2 Å². The van der Waals surface area contributed by atoms with Crippen LogP contribution in [0.2, 0.25) is 0 Å². The van der Waals surface area contributed by atoms with Crippen molar-refractivity contribution in [2.75, 3.05) is 19.7 Å². The Hall–Kier alpha value is -2.40. The van der Waals surface area contributed by atoms with Gasteiger partial charge in [0.25, 0.3) is 0 Å². The molecule has 0 N–H and O–H groups in total. The molecule has 4 rings (SSSR count). The van der Waals surface area contributed by atoms with Crippen molar-refractivity contribution in [3.05, 3.63) is 54.0 Å². The van der Waals surface area contributed by atoms with Gasteiger partial charge in [-0.05, 0) is 44.5 Å². The van der Waals surface area contributed by atoms with Gasteiger partial charge in [0.05, 0.1) is 6.61 Å².